The molecule has 2 aromatic rings. The Morgan fingerprint density at radius 3 is 2.93 bits per heavy atom. The Hall–Kier alpha value is -1.56. The van der Waals surface area contributed by atoms with Gasteiger partial charge in [0.05, 0.1) is 5.52 Å². The molecule has 2 heterocycles. The van der Waals surface area contributed by atoms with E-state index in [1.807, 2.05) is 0 Å². The summed E-state index contributed by atoms with van der Waals surface area (Å²) in [5.41, 5.74) is 0.516. The average molecular weight is 257 g/mol. The molecule has 0 saturated heterocycles. The van der Waals surface area contributed by atoms with Gasteiger partial charge in [0, 0.05) is 12.3 Å². The van der Waals surface area contributed by atoms with Gasteiger partial charge in [-0.15, -0.1) is 0 Å². The topological polar surface area (TPSA) is 74.8 Å². The Labute approximate surface area is 86.8 Å². The van der Waals surface area contributed by atoms with Crippen LogP contribution in [0.15, 0.2) is 22.9 Å². The number of imidazole rings is 1. The predicted molar refractivity (Wildman–Crippen MR) is 51.5 cm³/mol. The highest BCUT2D eigenvalue weighted by molar-refractivity contribution is 9.10. The lowest BCUT2D eigenvalue weighted by atomic mass is 10.4. The highest BCUT2D eigenvalue weighted by Gasteiger charge is 2.14. The summed E-state index contributed by atoms with van der Waals surface area (Å²) in [6.07, 6.45) is 1.45. The van der Waals surface area contributed by atoms with Crippen molar-refractivity contribution in [2.45, 2.75) is 0 Å². The van der Waals surface area contributed by atoms with E-state index in [0.29, 0.717) is 10.1 Å². The fraction of sp³-hybridized carbons (Fsp3) is 0. The molecular weight excluding hydrogens is 252 g/mol. The predicted octanol–water partition coefficient (Wildman–Crippen LogP) is 1.50. The minimum Gasteiger partial charge on any atom is -0.508 e. The van der Waals surface area contributed by atoms with Crippen molar-refractivity contribution >= 4 is 27.4 Å². The number of carboxylic acid groups (broad SMARTS) is 1. The monoisotopic (exact) mass is 256 g/mol. The van der Waals surface area contributed by atoms with E-state index in [2.05, 4.69) is 20.9 Å². The number of halogens is 1. The minimum absolute atomic E-state index is 0.0649. The summed E-state index contributed by atoms with van der Waals surface area (Å²) in [7, 11) is 0. The Balaban J connectivity index is 2.84. The highest BCUT2D eigenvalue weighted by Crippen LogP contribution is 2.22. The number of pyridine rings is 1. The third-order valence-corrected chi connectivity index (χ3v) is 2.36. The van der Waals surface area contributed by atoms with E-state index in [-0.39, 0.29) is 11.6 Å². The van der Waals surface area contributed by atoms with Gasteiger partial charge in [0.15, 0.2) is 0 Å². The maximum absolute atomic E-state index is 10.7. The quantitative estimate of drug-likeness (QED) is 0.811. The van der Waals surface area contributed by atoms with Gasteiger partial charge in [0.25, 0.3) is 0 Å². The summed E-state index contributed by atoms with van der Waals surface area (Å²) < 4.78 is 1.78. The standard InChI is InChI=1S/C8H5BrN2O3/c9-6-5-3-4(12)1-2-11(5)7(10-6)8(13)14/h1-3,12H,(H,13,14). The van der Waals surface area contributed by atoms with Crippen molar-refractivity contribution in [1.29, 1.82) is 0 Å². The van der Waals surface area contributed by atoms with Crippen LogP contribution in [0, 0.1) is 0 Å². The number of hydrogen-bond acceptors (Lipinski definition) is 3. The number of aromatic nitrogens is 2. The molecule has 0 radical (unpaired) electrons. The Morgan fingerprint density at radius 1 is 1.57 bits per heavy atom. The number of nitrogens with zero attached hydrogens (tertiary/aromatic N) is 2. The van der Waals surface area contributed by atoms with E-state index < -0.39 is 5.97 Å². The number of aromatic carboxylic acids is 1. The molecule has 0 spiro atoms. The first-order chi connectivity index (χ1) is 6.59. The van der Waals surface area contributed by atoms with Crippen molar-refractivity contribution in [2.75, 3.05) is 0 Å². The van der Waals surface area contributed by atoms with E-state index in [1.54, 1.807) is 0 Å². The van der Waals surface area contributed by atoms with Crippen LogP contribution >= 0.6 is 15.9 Å². The average Bonchev–Trinajstić information content (AvgIpc) is 2.44. The fourth-order valence-electron chi connectivity index (χ4n) is 1.19. The molecule has 5 nitrogen and oxygen atoms in total. The van der Waals surface area contributed by atoms with E-state index in [1.165, 1.54) is 22.7 Å². The van der Waals surface area contributed by atoms with E-state index in [0.717, 1.165) is 0 Å². The molecule has 2 rings (SSSR count). The lowest BCUT2D eigenvalue weighted by molar-refractivity contribution is 0.0682. The zero-order chi connectivity index (χ0) is 10.3. The van der Waals surface area contributed by atoms with Crippen LogP contribution < -0.4 is 0 Å². The molecule has 0 unspecified atom stereocenters. The van der Waals surface area contributed by atoms with Crippen LogP contribution in [0.1, 0.15) is 10.6 Å². The maximum Gasteiger partial charge on any atom is 0.372 e. The second-order valence-electron chi connectivity index (χ2n) is 2.67. The van der Waals surface area contributed by atoms with Crippen LogP contribution in [-0.4, -0.2) is 25.6 Å². The minimum atomic E-state index is -1.11. The van der Waals surface area contributed by atoms with Crippen molar-refractivity contribution in [3.8, 4) is 5.75 Å². The van der Waals surface area contributed by atoms with Gasteiger partial charge in [-0.1, -0.05) is 0 Å². The Kier molecular flexibility index (Phi) is 1.92. The van der Waals surface area contributed by atoms with Gasteiger partial charge in [-0.05, 0) is 22.0 Å². The number of aromatic hydroxyl groups is 1. The van der Waals surface area contributed by atoms with Crippen LogP contribution in [0.25, 0.3) is 5.52 Å². The lowest BCUT2D eigenvalue weighted by Gasteiger charge is -1.96. The highest BCUT2D eigenvalue weighted by atomic mass is 79.9. The molecule has 2 aromatic heterocycles. The molecule has 0 atom stereocenters. The van der Waals surface area contributed by atoms with Gasteiger partial charge in [0.1, 0.15) is 10.4 Å². The molecule has 0 bridgehead atoms. The first kappa shape index (κ1) is 9.01. The summed E-state index contributed by atoms with van der Waals surface area (Å²) in [6, 6.07) is 2.83. The number of fused-ring (bicyclic) bond motifs is 1. The van der Waals surface area contributed by atoms with Crippen LogP contribution in [0.2, 0.25) is 0 Å². The molecule has 6 heteroatoms. The molecule has 0 fully saturated rings. The van der Waals surface area contributed by atoms with E-state index >= 15 is 0 Å². The zero-order valence-electron chi connectivity index (χ0n) is 6.81. The molecule has 0 aliphatic carbocycles. The normalized spacial score (nSPS) is 10.6. The summed E-state index contributed by atoms with van der Waals surface area (Å²) >= 11 is 3.11. The molecule has 2 N–H and O–H groups in total. The van der Waals surface area contributed by atoms with Gasteiger partial charge in [-0.2, -0.15) is 0 Å². The Morgan fingerprint density at radius 2 is 2.29 bits per heavy atom. The third-order valence-electron chi connectivity index (χ3n) is 1.77. The van der Waals surface area contributed by atoms with Gasteiger partial charge in [0.2, 0.25) is 5.82 Å². The molecule has 14 heavy (non-hydrogen) atoms. The van der Waals surface area contributed by atoms with Crippen LogP contribution in [-0.2, 0) is 0 Å². The maximum atomic E-state index is 10.7. The number of carbonyl (C=O) groups is 1. The van der Waals surface area contributed by atoms with Crippen LogP contribution in [0.5, 0.6) is 5.75 Å². The molecular formula is C8H5BrN2O3. The van der Waals surface area contributed by atoms with Crippen LogP contribution in [0.3, 0.4) is 0 Å². The van der Waals surface area contributed by atoms with Crippen molar-refractivity contribution < 1.29 is 15.0 Å². The van der Waals surface area contributed by atoms with Crippen molar-refractivity contribution in [3.05, 3.63) is 28.8 Å². The third kappa shape index (κ3) is 1.24. The summed E-state index contributed by atoms with van der Waals surface area (Å²) in [5, 5.41) is 18.0. The summed E-state index contributed by atoms with van der Waals surface area (Å²) in [4.78, 5) is 14.5. The largest absolute Gasteiger partial charge is 0.508 e. The first-order valence-electron chi connectivity index (χ1n) is 3.69. The van der Waals surface area contributed by atoms with E-state index in [9.17, 15) is 9.90 Å². The molecule has 72 valence electrons. The molecule has 0 aliphatic heterocycles. The van der Waals surface area contributed by atoms with E-state index in [4.69, 9.17) is 5.11 Å². The SMILES string of the molecule is O=C(O)c1nc(Br)c2cc(O)ccn12. The van der Waals surface area contributed by atoms with Crippen molar-refractivity contribution in [3.63, 3.8) is 0 Å². The van der Waals surface area contributed by atoms with Crippen molar-refractivity contribution in [2.24, 2.45) is 0 Å². The van der Waals surface area contributed by atoms with Gasteiger partial charge in [-0.3, -0.25) is 4.40 Å². The molecule has 0 saturated carbocycles. The first-order valence-corrected chi connectivity index (χ1v) is 4.49. The second kappa shape index (κ2) is 2.98. The molecule has 0 amide bonds. The number of hydrogen-bond donors (Lipinski definition) is 2. The second-order valence-corrected chi connectivity index (χ2v) is 3.42. The summed E-state index contributed by atoms with van der Waals surface area (Å²) in [6.45, 7) is 0. The number of rotatable bonds is 1. The van der Waals surface area contributed by atoms with Gasteiger partial charge < -0.3 is 10.2 Å². The van der Waals surface area contributed by atoms with Crippen molar-refractivity contribution in [1.82, 2.24) is 9.38 Å². The van der Waals surface area contributed by atoms with Gasteiger partial charge in [-0.25, -0.2) is 9.78 Å². The van der Waals surface area contributed by atoms with Crippen LogP contribution in [0.4, 0.5) is 0 Å². The lowest BCUT2D eigenvalue weighted by Crippen LogP contribution is -2.02. The van der Waals surface area contributed by atoms with Gasteiger partial charge >= 0.3 is 5.97 Å². The molecule has 0 aliphatic rings. The number of carboxylic acids is 1. The zero-order valence-corrected chi connectivity index (χ0v) is 8.39. The summed E-state index contributed by atoms with van der Waals surface area (Å²) in [5.74, 6) is -1.14. The smallest absolute Gasteiger partial charge is 0.372 e. The molecule has 0 aromatic carbocycles. The Bertz CT molecular complexity index is 521. The fourth-order valence-corrected chi connectivity index (χ4v) is 1.66.